The van der Waals surface area contributed by atoms with Gasteiger partial charge in [-0.25, -0.2) is 14.5 Å². The number of carbonyl (C=O) groups excluding carboxylic acids is 2. The molecule has 2 aromatic heterocycles. The van der Waals surface area contributed by atoms with Crippen molar-refractivity contribution in [3.05, 3.63) is 77.4 Å². The summed E-state index contributed by atoms with van der Waals surface area (Å²) >= 11 is 0. The Morgan fingerprint density at radius 1 is 1.09 bits per heavy atom. The van der Waals surface area contributed by atoms with Crippen molar-refractivity contribution in [3.63, 3.8) is 0 Å². The number of esters is 1. The lowest BCUT2D eigenvalue weighted by atomic mass is 9.95. The van der Waals surface area contributed by atoms with Gasteiger partial charge in [-0.15, -0.1) is 0 Å². The first-order valence-electron chi connectivity index (χ1n) is 11.6. The van der Waals surface area contributed by atoms with Crippen LogP contribution >= 0.6 is 0 Å². The van der Waals surface area contributed by atoms with Crippen LogP contribution in [0.2, 0.25) is 0 Å². The molecule has 0 unspecified atom stereocenters. The summed E-state index contributed by atoms with van der Waals surface area (Å²) in [6.45, 7) is 5.31. The number of aromatic amines is 1. The Balaban J connectivity index is 1.24. The molecule has 1 amide bonds. The van der Waals surface area contributed by atoms with Gasteiger partial charge in [0, 0.05) is 24.6 Å². The first-order valence-corrected chi connectivity index (χ1v) is 11.6. The van der Waals surface area contributed by atoms with E-state index in [1.807, 2.05) is 60.4 Å². The van der Waals surface area contributed by atoms with Crippen LogP contribution in [-0.4, -0.2) is 56.2 Å². The third-order valence-corrected chi connectivity index (χ3v) is 6.44. The Morgan fingerprint density at radius 2 is 1.82 bits per heavy atom. The van der Waals surface area contributed by atoms with Crippen LogP contribution < -0.4 is 0 Å². The fraction of sp³-hybridized carbons (Fsp3) is 0.308. The Hall–Kier alpha value is -3.94. The second kappa shape index (κ2) is 9.13. The predicted molar refractivity (Wildman–Crippen MR) is 128 cm³/mol. The van der Waals surface area contributed by atoms with Crippen LogP contribution in [0.15, 0.2) is 54.7 Å². The zero-order valence-corrected chi connectivity index (χ0v) is 19.3. The SMILES string of the molecule is CCOC(=O)c1cnn(-c2ccc(C(=O)N3CCC(c4nc5ccccc5[nH]4)CC3)cc2)c1C. The van der Waals surface area contributed by atoms with E-state index in [0.717, 1.165) is 35.4 Å². The number of rotatable bonds is 5. The first-order chi connectivity index (χ1) is 16.5. The highest BCUT2D eigenvalue weighted by atomic mass is 16.5. The maximum absolute atomic E-state index is 13.1. The van der Waals surface area contributed by atoms with E-state index in [0.29, 0.717) is 42.4 Å². The van der Waals surface area contributed by atoms with E-state index >= 15 is 0 Å². The number of piperidine rings is 1. The number of H-pyrrole nitrogens is 1. The van der Waals surface area contributed by atoms with Crippen LogP contribution in [0.25, 0.3) is 16.7 Å². The number of amides is 1. The van der Waals surface area contributed by atoms with Gasteiger partial charge in [0.05, 0.1) is 35.2 Å². The summed E-state index contributed by atoms with van der Waals surface area (Å²) in [6, 6.07) is 15.4. The molecule has 2 aromatic carbocycles. The van der Waals surface area contributed by atoms with E-state index in [-0.39, 0.29) is 11.9 Å². The Labute approximate surface area is 197 Å². The maximum Gasteiger partial charge on any atom is 0.341 e. The average Bonchev–Trinajstić information content (AvgIpc) is 3.48. The number of nitrogens with zero attached hydrogens (tertiary/aromatic N) is 4. The molecule has 0 saturated carbocycles. The molecule has 0 bridgehead atoms. The molecule has 1 aliphatic rings. The number of fused-ring (bicyclic) bond motifs is 1. The molecular weight excluding hydrogens is 430 g/mol. The van der Waals surface area contributed by atoms with Crippen LogP contribution in [0.4, 0.5) is 0 Å². The van der Waals surface area contributed by atoms with Crippen LogP contribution in [0.5, 0.6) is 0 Å². The van der Waals surface area contributed by atoms with Crippen LogP contribution in [0.1, 0.15) is 57.9 Å². The summed E-state index contributed by atoms with van der Waals surface area (Å²) in [5.74, 6) is 0.979. The van der Waals surface area contributed by atoms with Crippen molar-refractivity contribution < 1.29 is 14.3 Å². The summed E-state index contributed by atoms with van der Waals surface area (Å²) in [7, 11) is 0. The van der Waals surface area contributed by atoms with E-state index in [4.69, 9.17) is 9.72 Å². The molecule has 4 aromatic rings. The zero-order chi connectivity index (χ0) is 23.7. The molecule has 5 rings (SSSR count). The number of ether oxygens (including phenoxy) is 1. The largest absolute Gasteiger partial charge is 0.462 e. The van der Waals surface area contributed by atoms with E-state index in [1.165, 1.54) is 6.20 Å². The van der Waals surface area contributed by atoms with Gasteiger partial charge in [-0.05, 0) is 63.1 Å². The molecule has 34 heavy (non-hydrogen) atoms. The highest BCUT2D eigenvalue weighted by Gasteiger charge is 2.26. The van der Waals surface area contributed by atoms with Gasteiger partial charge >= 0.3 is 5.97 Å². The number of hydrogen-bond donors (Lipinski definition) is 1. The van der Waals surface area contributed by atoms with Crippen molar-refractivity contribution in [1.82, 2.24) is 24.6 Å². The number of para-hydroxylation sites is 2. The van der Waals surface area contributed by atoms with Crippen LogP contribution in [-0.2, 0) is 4.74 Å². The zero-order valence-electron chi connectivity index (χ0n) is 19.3. The molecule has 0 spiro atoms. The summed E-state index contributed by atoms with van der Waals surface area (Å²) < 4.78 is 6.76. The number of carbonyl (C=O) groups is 2. The summed E-state index contributed by atoms with van der Waals surface area (Å²) in [5, 5.41) is 4.32. The minimum Gasteiger partial charge on any atom is -0.462 e. The lowest BCUT2D eigenvalue weighted by molar-refractivity contribution is 0.0525. The van der Waals surface area contributed by atoms with Gasteiger partial charge in [-0.1, -0.05) is 12.1 Å². The summed E-state index contributed by atoms with van der Waals surface area (Å²) in [6.07, 6.45) is 3.28. The van der Waals surface area contributed by atoms with Crippen molar-refractivity contribution in [3.8, 4) is 5.69 Å². The highest BCUT2D eigenvalue weighted by molar-refractivity contribution is 5.94. The van der Waals surface area contributed by atoms with Gasteiger partial charge in [0.25, 0.3) is 5.91 Å². The number of hydrogen-bond acceptors (Lipinski definition) is 5. The molecule has 0 atom stereocenters. The summed E-state index contributed by atoms with van der Waals surface area (Å²) in [5.41, 5.74) is 4.60. The molecule has 1 N–H and O–H groups in total. The molecular formula is C26H27N5O3. The highest BCUT2D eigenvalue weighted by Crippen LogP contribution is 2.28. The predicted octanol–water partition coefficient (Wildman–Crippen LogP) is 4.25. The van der Waals surface area contributed by atoms with Crippen LogP contribution in [0, 0.1) is 6.92 Å². The normalized spacial score (nSPS) is 14.5. The van der Waals surface area contributed by atoms with Crippen molar-refractivity contribution >= 4 is 22.9 Å². The molecule has 1 fully saturated rings. The van der Waals surface area contributed by atoms with Crippen molar-refractivity contribution in [2.24, 2.45) is 0 Å². The fourth-order valence-electron chi connectivity index (χ4n) is 4.53. The number of nitrogens with one attached hydrogen (secondary N) is 1. The van der Waals surface area contributed by atoms with Gasteiger partial charge in [-0.2, -0.15) is 5.10 Å². The molecule has 1 aliphatic heterocycles. The number of benzene rings is 2. The Bertz CT molecular complexity index is 1300. The van der Waals surface area contributed by atoms with E-state index in [2.05, 4.69) is 10.1 Å². The standard InChI is InChI=1S/C26H27N5O3/c1-3-34-26(33)21-16-27-31(17(21)2)20-10-8-19(9-11-20)25(32)30-14-12-18(13-15-30)24-28-22-6-4-5-7-23(22)29-24/h4-11,16,18H,3,12-15H2,1-2H3,(H,28,29). The van der Waals surface area contributed by atoms with E-state index in [9.17, 15) is 9.59 Å². The van der Waals surface area contributed by atoms with E-state index in [1.54, 1.807) is 11.6 Å². The molecule has 3 heterocycles. The van der Waals surface area contributed by atoms with E-state index < -0.39 is 0 Å². The smallest absolute Gasteiger partial charge is 0.341 e. The molecule has 0 aliphatic carbocycles. The molecule has 174 valence electrons. The van der Waals surface area contributed by atoms with Gasteiger partial charge in [-0.3, -0.25) is 4.79 Å². The van der Waals surface area contributed by atoms with Crippen molar-refractivity contribution in [1.29, 1.82) is 0 Å². The number of likely N-dealkylation sites (tertiary alicyclic amines) is 1. The van der Waals surface area contributed by atoms with Crippen LogP contribution in [0.3, 0.4) is 0 Å². The second-order valence-electron chi connectivity index (χ2n) is 8.53. The Morgan fingerprint density at radius 3 is 2.53 bits per heavy atom. The fourth-order valence-corrected chi connectivity index (χ4v) is 4.53. The lowest BCUT2D eigenvalue weighted by Gasteiger charge is -2.31. The molecule has 1 saturated heterocycles. The van der Waals surface area contributed by atoms with Gasteiger partial charge in [0.2, 0.25) is 0 Å². The molecule has 0 radical (unpaired) electrons. The molecule has 8 nitrogen and oxygen atoms in total. The topological polar surface area (TPSA) is 93.1 Å². The molecule has 8 heteroatoms. The summed E-state index contributed by atoms with van der Waals surface area (Å²) in [4.78, 5) is 35.2. The third-order valence-electron chi connectivity index (χ3n) is 6.44. The minimum atomic E-state index is -0.385. The van der Waals surface area contributed by atoms with Gasteiger partial charge in [0.15, 0.2) is 0 Å². The average molecular weight is 458 g/mol. The quantitative estimate of drug-likeness (QED) is 0.452. The Kier molecular flexibility index (Phi) is 5.88. The second-order valence-corrected chi connectivity index (χ2v) is 8.53. The lowest BCUT2D eigenvalue weighted by Crippen LogP contribution is -2.38. The minimum absolute atomic E-state index is 0.0269. The third kappa shape index (κ3) is 4.07. The number of aromatic nitrogens is 4. The van der Waals surface area contributed by atoms with Crippen molar-refractivity contribution in [2.75, 3.05) is 19.7 Å². The first kappa shape index (κ1) is 21.9. The monoisotopic (exact) mass is 457 g/mol. The number of imidazole rings is 1. The van der Waals surface area contributed by atoms with Gasteiger partial charge < -0.3 is 14.6 Å². The van der Waals surface area contributed by atoms with Gasteiger partial charge in [0.1, 0.15) is 11.4 Å². The van der Waals surface area contributed by atoms with Crippen molar-refractivity contribution in [2.45, 2.75) is 32.6 Å². The maximum atomic E-state index is 13.1.